The summed E-state index contributed by atoms with van der Waals surface area (Å²) in [5, 5.41) is 10.4. The van der Waals surface area contributed by atoms with Crippen molar-refractivity contribution < 1.29 is 9.84 Å². The van der Waals surface area contributed by atoms with E-state index in [0.717, 1.165) is 11.3 Å². The maximum absolute atomic E-state index is 10.4. The minimum Gasteiger partial charge on any atom is -0.491 e. The zero-order valence-corrected chi connectivity index (χ0v) is 10.8. The molecule has 0 aromatic heterocycles. The fraction of sp³-hybridized carbons (Fsp3) is 0.571. The third kappa shape index (κ3) is 2.99. The Balaban J connectivity index is 2.98. The lowest BCUT2D eigenvalue weighted by Crippen LogP contribution is -2.27. The Morgan fingerprint density at radius 2 is 1.81 bits per heavy atom. The second-order valence-electron chi connectivity index (χ2n) is 5.00. The van der Waals surface area contributed by atoms with Crippen LogP contribution in [0.3, 0.4) is 0 Å². The first kappa shape index (κ1) is 13.0. The smallest absolute Gasteiger partial charge is 0.120 e. The Morgan fingerprint density at radius 3 is 2.31 bits per heavy atom. The molecule has 0 radical (unpaired) electrons. The zero-order valence-electron chi connectivity index (χ0n) is 10.8. The quantitative estimate of drug-likeness (QED) is 0.846. The Labute approximate surface area is 98.3 Å². The van der Waals surface area contributed by atoms with Gasteiger partial charge in [-0.25, -0.2) is 0 Å². The van der Waals surface area contributed by atoms with Gasteiger partial charge in [0.15, 0.2) is 0 Å². The molecule has 0 saturated carbocycles. The van der Waals surface area contributed by atoms with Gasteiger partial charge < -0.3 is 9.84 Å². The Bertz CT molecular complexity index is 340. The molecular weight excluding hydrogens is 200 g/mol. The van der Waals surface area contributed by atoms with Crippen molar-refractivity contribution in [2.24, 2.45) is 5.92 Å². The molecule has 0 unspecified atom stereocenters. The molecular formula is C14H22O2. The monoisotopic (exact) mass is 222 g/mol. The minimum absolute atomic E-state index is 0.152. The molecule has 16 heavy (non-hydrogen) atoms. The van der Waals surface area contributed by atoms with Crippen LogP contribution in [0.4, 0.5) is 0 Å². The molecule has 0 aliphatic heterocycles. The van der Waals surface area contributed by atoms with Crippen molar-refractivity contribution in [2.75, 3.05) is 0 Å². The maximum atomic E-state index is 10.4. The highest BCUT2D eigenvalue weighted by Crippen LogP contribution is 2.31. The minimum atomic E-state index is -0.809. The third-order valence-electron chi connectivity index (χ3n) is 2.91. The molecule has 1 aromatic rings. The molecule has 1 aromatic carbocycles. The highest BCUT2D eigenvalue weighted by molar-refractivity contribution is 5.32. The molecule has 0 aliphatic carbocycles. The number of hydrogen-bond acceptors (Lipinski definition) is 2. The SMILES string of the molecule is CC(C)Oc1cccc([C@@](C)(O)C(C)C)c1. The second-order valence-corrected chi connectivity index (χ2v) is 5.00. The van der Waals surface area contributed by atoms with E-state index in [2.05, 4.69) is 0 Å². The first-order chi connectivity index (χ1) is 7.34. The highest BCUT2D eigenvalue weighted by Gasteiger charge is 2.27. The molecule has 1 atom stereocenters. The number of hydrogen-bond donors (Lipinski definition) is 1. The van der Waals surface area contributed by atoms with Gasteiger partial charge in [0, 0.05) is 0 Å². The largest absolute Gasteiger partial charge is 0.491 e. The van der Waals surface area contributed by atoms with Crippen LogP contribution in [0.25, 0.3) is 0 Å². The molecule has 0 heterocycles. The Morgan fingerprint density at radius 1 is 1.19 bits per heavy atom. The molecule has 1 rings (SSSR count). The molecule has 1 N–H and O–H groups in total. The fourth-order valence-corrected chi connectivity index (χ4v) is 1.49. The van der Waals surface area contributed by atoms with Crippen molar-refractivity contribution in [1.29, 1.82) is 0 Å². The van der Waals surface area contributed by atoms with Crippen LogP contribution in [0.2, 0.25) is 0 Å². The molecule has 2 heteroatoms. The summed E-state index contributed by atoms with van der Waals surface area (Å²) >= 11 is 0. The lowest BCUT2D eigenvalue weighted by atomic mass is 9.85. The van der Waals surface area contributed by atoms with Gasteiger partial charge in [0.1, 0.15) is 5.75 Å². The van der Waals surface area contributed by atoms with E-state index in [-0.39, 0.29) is 12.0 Å². The predicted octanol–water partition coefficient (Wildman–Crippen LogP) is 3.34. The van der Waals surface area contributed by atoms with Gasteiger partial charge in [-0.1, -0.05) is 26.0 Å². The summed E-state index contributed by atoms with van der Waals surface area (Å²) in [5.74, 6) is 0.982. The summed E-state index contributed by atoms with van der Waals surface area (Å²) in [7, 11) is 0. The van der Waals surface area contributed by atoms with Crippen LogP contribution in [0.15, 0.2) is 24.3 Å². The van der Waals surface area contributed by atoms with Gasteiger partial charge in [0.2, 0.25) is 0 Å². The van der Waals surface area contributed by atoms with Crippen molar-refractivity contribution >= 4 is 0 Å². The van der Waals surface area contributed by atoms with Crippen LogP contribution in [0.5, 0.6) is 5.75 Å². The Kier molecular flexibility index (Phi) is 3.98. The lowest BCUT2D eigenvalue weighted by Gasteiger charge is -2.28. The number of aliphatic hydroxyl groups is 1. The maximum Gasteiger partial charge on any atom is 0.120 e. The van der Waals surface area contributed by atoms with E-state index < -0.39 is 5.60 Å². The van der Waals surface area contributed by atoms with Gasteiger partial charge in [-0.2, -0.15) is 0 Å². The van der Waals surface area contributed by atoms with E-state index in [1.807, 2.05) is 58.9 Å². The summed E-state index contributed by atoms with van der Waals surface area (Å²) in [6.45, 7) is 9.85. The summed E-state index contributed by atoms with van der Waals surface area (Å²) < 4.78 is 5.62. The molecule has 90 valence electrons. The van der Waals surface area contributed by atoms with Crippen LogP contribution >= 0.6 is 0 Å². The van der Waals surface area contributed by atoms with Crippen molar-refractivity contribution in [1.82, 2.24) is 0 Å². The number of ether oxygens (including phenoxy) is 1. The molecule has 0 amide bonds. The van der Waals surface area contributed by atoms with Crippen LogP contribution in [0.1, 0.15) is 40.2 Å². The first-order valence-corrected chi connectivity index (χ1v) is 5.83. The summed E-state index contributed by atoms with van der Waals surface area (Å²) in [4.78, 5) is 0. The average Bonchev–Trinajstić information content (AvgIpc) is 2.16. The molecule has 0 aliphatic rings. The van der Waals surface area contributed by atoms with Gasteiger partial charge in [-0.3, -0.25) is 0 Å². The number of benzene rings is 1. The van der Waals surface area contributed by atoms with Crippen LogP contribution in [0, 0.1) is 5.92 Å². The third-order valence-corrected chi connectivity index (χ3v) is 2.91. The average molecular weight is 222 g/mol. The van der Waals surface area contributed by atoms with Crippen LogP contribution in [-0.4, -0.2) is 11.2 Å². The lowest BCUT2D eigenvalue weighted by molar-refractivity contribution is 0.00876. The van der Waals surface area contributed by atoms with E-state index in [1.54, 1.807) is 0 Å². The van der Waals surface area contributed by atoms with Gasteiger partial charge in [-0.15, -0.1) is 0 Å². The van der Waals surface area contributed by atoms with Gasteiger partial charge in [0.25, 0.3) is 0 Å². The van der Waals surface area contributed by atoms with Crippen molar-refractivity contribution in [3.8, 4) is 5.75 Å². The Hall–Kier alpha value is -1.02. The molecule has 0 bridgehead atoms. The summed E-state index contributed by atoms with van der Waals surface area (Å²) in [5.41, 5.74) is 0.0942. The van der Waals surface area contributed by atoms with Crippen LogP contribution in [-0.2, 0) is 5.60 Å². The standard InChI is InChI=1S/C14H22O2/c1-10(2)14(5,15)12-7-6-8-13(9-12)16-11(3)4/h6-11,15H,1-5H3/t14-/m0/s1. The molecule has 0 spiro atoms. The van der Waals surface area contributed by atoms with Gasteiger partial charge in [-0.05, 0) is 44.4 Å². The number of rotatable bonds is 4. The van der Waals surface area contributed by atoms with Crippen LogP contribution < -0.4 is 4.74 Å². The summed E-state index contributed by atoms with van der Waals surface area (Å²) in [6.07, 6.45) is 0.152. The normalized spacial score (nSPS) is 15.2. The summed E-state index contributed by atoms with van der Waals surface area (Å²) in [6, 6.07) is 7.69. The first-order valence-electron chi connectivity index (χ1n) is 5.83. The van der Waals surface area contributed by atoms with E-state index >= 15 is 0 Å². The predicted molar refractivity (Wildman–Crippen MR) is 66.6 cm³/mol. The van der Waals surface area contributed by atoms with Crippen molar-refractivity contribution in [3.05, 3.63) is 29.8 Å². The molecule has 2 nitrogen and oxygen atoms in total. The van der Waals surface area contributed by atoms with Gasteiger partial charge in [0.05, 0.1) is 11.7 Å². The fourth-order valence-electron chi connectivity index (χ4n) is 1.49. The second kappa shape index (κ2) is 4.88. The van der Waals surface area contributed by atoms with Gasteiger partial charge >= 0.3 is 0 Å². The molecule has 0 fully saturated rings. The van der Waals surface area contributed by atoms with E-state index in [0.29, 0.717) is 0 Å². The zero-order chi connectivity index (χ0) is 12.3. The topological polar surface area (TPSA) is 29.5 Å². The van der Waals surface area contributed by atoms with E-state index in [9.17, 15) is 5.11 Å². The highest BCUT2D eigenvalue weighted by atomic mass is 16.5. The molecule has 0 saturated heterocycles. The van der Waals surface area contributed by atoms with Crippen molar-refractivity contribution in [3.63, 3.8) is 0 Å². The van der Waals surface area contributed by atoms with E-state index in [1.165, 1.54) is 0 Å². The van der Waals surface area contributed by atoms with Crippen molar-refractivity contribution in [2.45, 2.75) is 46.3 Å². The van der Waals surface area contributed by atoms with E-state index in [4.69, 9.17) is 4.74 Å².